The van der Waals surface area contributed by atoms with Gasteiger partial charge in [0.2, 0.25) is 5.91 Å². The van der Waals surface area contributed by atoms with E-state index in [1.807, 2.05) is 0 Å². The lowest BCUT2D eigenvalue weighted by Crippen LogP contribution is -2.42. The Hall–Kier alpha value is -0.570. The van der Waals surface area contributed by atoms with Crippen molar-refractivity contribution in [3.05, 3.63) is 0 Å². The second kappa shape index (κ2) is 5.67. The van der Waals surface area contributed by atoms with Crippen LogP contribution in [-0.4, -0.2) is 36.5 Å². The van der Waals surface area contributed by atoms with Crippen molar-refractivity contribution in [3.8, 4) is 0 Å². The summed E-state index contributed by atoms with van der Waals surface area (Å²) in [6.07, 6.45) is 9.41. The quantitative estimate of drug-likeness (QED) is 0.794. The molecule has 1 aliphatic heterocycles. The maximum atomic E-state index is 11.9. The van der Waals surface area contributed by atoms with Crippen LogP contribution in [0.15, 0.2) is 0 Å². The Kier molecular flexibility index (Phi) is 4.22. The van der Waals surface area contributed by atoms with Crippen LogP contribution in [0.3, 0.4) is 0 Å². The van der Waals surface area contributed by atoms with Crippen molar-refractivity contribution in [2.45, 2.75) is 63.5 Å². The number of likely N-dealkylation sites (tertiary alicyclic amines) is 1. The van der Waals surface area contributed by atoms with Crippen LogP contribution in [0, 0.1) is 0 Å². The molecule has 1 atom stereocenters. The van der Waals surface area contributed by atoms with Gasteiger partial charge in [-0.25, -0.2) is 0 Å². The molecule has 0 aromatic heterocycles. The molecule has 1 unspecified atom stereocenters. The normalized spacial score (nSPS) is 28.2. The summed E-state index contributed by atoms with van der Waals surface area (Å²) in [7, 11) is 2.15. The van der Waals surface area contributed by atoms with Crippen molar-refractivity contribution in [3.63, 3.8) is 0 Å². The molecule has 1 amide bonds. The third kappa shape index (κ3) is 3.21. The predicted octanol–water partition coefficient (Wildman–Crippen LogP) is 1.92. The molecule has 0 aromatic rings. The molecule has 92 valence electrons. The molecule has 1 aliphatic carbocycles. The van der Waals surface area contributed by atoms with Gasteiger partial charge in [0.25, 0.3) is 0 Å². The highest BCUT2D eigenvalue weighted by Crippen LogP contribution is 2.20. The van der Waals surface area contributed by atoms with E-state index < -0.39 is 0 Å². The van der Waals surface area contributed by atoms with Gasteiger partial charge < -0.3 is 10.2 Å². The second-order valence-corrected chi connectivity index (χ2v) is 5.38. The first-order valence-electron chi connectivity index (χ1n) is 6.75. The number of piperidine rings is 1. The monoisotopic (exact) mass is 224 g/mol. The van der Waals surface area contributed by atoms with E-state index in [2.05, 4.69) is 17.3 Å². The van der Waals surface area contributed by atoms with Gasteiger partial charge in [0, 0.05) is 18.5 Å². The Bertz CT molecular complexity index is 236. The molecule has 1 N–H and O–H groups in total. The average Bonchev–Trinajstić information content (AvgIpc) is 2.74. The average molecular weight is 224 g/mol. The van der Waals surface area contributed by atoms with Crippen LogP contribution in [-0.2, 0) is 4.79 Å². The molecule has 2 aliphatic rings. The van der Waals surface area contributed by atoms with E-state index in [1.165, 1.54) is 44.9 Å². The van der Waals surface area contributed by atoms with Crippen LogP contribution in [0.1, 0.15) is 51.4 Å². The summed E-state index contributed by atoms with van der Waals surface area (Å²) in [5.74, 6) is 0.269. The number of carbonyl (C=O) groups is 1. The summed E-state index contributed by atoms with van der Waals surface area (Å²) in [4.78, 5) is 14.2. The molecule has 2 fully saturated rings. The molecule has 16 heavy (non-hydrogen) atoms. The molecule has 0 spiro atoms. The molecule has 3 nitrogen and oxygen atoms in total. The zero-order valence-electron chi connectivity index (χ0n) is 10.4. The zero-order chi connectivity index (χ0) is 11.4. The largest absolute Gasteiger partial charge is 0.353 e. The van der Waals surface area contributed by atoms with Gasteiger partial charge in [-0.2, -0.15) is 0 Å². The number of carbonyl (C=O) groups excluding carboxylic acids is 1. The summed E-state index contributed by atoms with van der Waals surface area (Å²) in [5, 5.41) is 3.18. The minimum Gasteiger partial charge on any atom is -0.353 e. The van der Waals surface area contributed by atoms with Crippen molar-refractivity contribution < 1.29 is 4.79 Å². The van der Waals surface area contributed by atoms with Gasteiger partial charge in [0.1, 0.15) is 0 Å². The van der Waals surface area contributed by atoms with Crippen LogP contribution in [0.4, 0.5) is 0 Å². The summed E-state index contributed by atoms with van der Waals surface area (Å²) in [6.45, 7) is 1.15. The zero-order valence-corrected chi connectivity index (χ0v) is 10.4. The molecular formula is C13H24N2O. The Labute approximate surface area is 98.6 Å². The predicted molar refractivity (Wildman–Crippen MR) is 65.3 cm³/mol. The molecule has 1 saturated carbocycles. The lowest BCUT2D eigenvalue weighted by atomic mass is 9.99. The fourth-order valence-corrected chi connectivity index (χ4v) is 2.97. The molecule has 2 rings (SSSR count). The van der Waals surface area contributed by atoms with E-state index in [-0.39, 0.29) is 5.91 Å². The smallest absolute Gasteiger partial charge is 0.221 e. The molecule has 1 saturated heterocycles. The van der Waals surface area contributed by atoms with Gasteiger partial charge >= 0.3 is 0 Å². The van der Waals surface area contributed by atoms with Crippen molar-refractivity contribution in [1.82, 2.24) is 10.2 Å². The first-order chi connectivity index (χ1) is 7.75. The Balaban J connectivity index is 1.72. The topological polar surface area (TPSA) is 32.3 Å². The van der Waals surface area contributed by atoms with Gasteiger partial charge in [-0.15, -0.1) is 0 Å². The number of hydrogen-bond donors (Lipinski definition) is 1. The van der Waals surface area contributed by atoms with Crippen molar-refractivity contribution in [2.75, 3.05) is 13.6 Å². The van der Waals surface area contributed by atoms with Crippen LogP contribution in [0.25, 0.3) is 0 Å². The van der Waals surface area contributed by atoms with E-state index in [1.54, 1.807) is 0 Å². The number of nitrogens with one attached hydrogen (secondary N) is 1. The molecule has 0 aromatic carbocycles. The second-order valence-electron chi connectivity index (χ2n) is 5.38. The number of nitrogens with zero attached hydrogens (tertiary/aromatic N) is 1. The number of rotatable bonds is 3. The summed E-state index contributed by atoms with van der Waals surface area (Å²) in [6, 6.07) is 0.955. The van der Waals surface area contributed by atoms with Gasteiger partial charge in [-0.05, 0) is 39.3 Å². The fourth-order valence-electron chi connectivity index (χ4n) is 2.97. The molecule has 1 heterocycles. The minimum absolute atomic E-state index is 0.269. The van der Waals surface area contributed by atoms with Gasteiger partial charge in [-0.3, -0.25) is 4.79 Å². The van der Waals surface area contributed by atoms with Crippen LogP contribution in [0.5, 0.6) is 0 Å². The Morgan fingerprint density at radius 3 is 2.56 bits per heavy atom. The van der Waals surface area contributed by atoms with Crippen LogP contribution < -0.4 is 5.32 Å². The minimum atomic E-state index is 0.269. The third-order valence-corrected chi connectivity index (χ3v) is 4.06. The summed E-state index contributed by atoms with van der Waals surface area (Å²) < 4.78 is 0. The molecule has 3 heteroatoms. The number of hydrogen-bond acceptors (Lipinski definition) is 2. The maximum Gasteiger partial charge on any atom is 0.221 e. The lowest BCUT2D eigenvalue weighted by molar-refractivity contribution is -0.123. The van der Waals surface area contributed by atoms with Gasteiger partial charge in [0.05, 0.1) is 0 Å². The van der Waals surface area contributed by atoms with E-state index in [0.29, 0.717) is 18.5 Å². The van der Waals surface area contributed by atoms with Crippen molar-refractivity contribution in [2.24, 2.45) is 0 Å². The van der Waals surface area contributed by atoms with Crippen LogP contribution >= 0.6 is 0 Å². The maximum absolute atomic E-state index is 11.9. The SMILES string of the molecule is CN1CCCCC1CC(=O)NC1CCCC1. The van der Waals surface area contributed by atoms with E-state index in [4.69, 9.17) is 0 Å². The Morgan fingerprint density at radius 2 is 1.88 bits per heavy atom. The van der Waals surface area contributed by atoms with Crippen molar-refractivity contribution in [1.29, 1.82) is 0 Å². The third-order valence-electron chi connectivity index (χ3n) is 4.06. The molecule has 0 bridgehead atoms. The number of amides is 1. The molecular weight excluding hydrogens is 200 g/mol. The Morgan fingerprint density at radius 1 is 1.19 bits per heavy atom. The van der Waals surface area contributed by atoms with Gasteiger partial charge in [0.15, 0.2) is 0 Å². The van der Waals surface area contributed by atoms with E-state index >= 15 is 0 Å². The van der Waals surface area contributed by atoms with Gasteiger partial charge in [-0.1, -0.05) is 19.3 Å². The highest BCUT2D eigenvalue weighted by Gasteiger charge is 2.23. The highest BCUT2D eigenvalue weighted by atomic mass is 16.1. The van der Waals surface area contributed by atoms with E-state index in [0.717, 1.165) is 6.54 Å². The first-order valence-corrected chi connectivity index (χ1v) is 6.75. The first kappa shape index (κ1) is 11.9. The standard InChI is InChI=1S/C13H24N2O/c1-15-9-5-4-8-12(15)10-13(16)14-11-6-2-3-7-11/h11-12H,2-10H2,1H3,(H,14,16). The highest BCUT2D eigenvalue weighted by molar-refractivity contribution is 5.76. The van der Waals surface area contributed by atoms with E-state index in [9.17, 15) is 4.79 Å². The summed E-state index contributed by atoms with van der Waals surface area (Å²) in [5.41, 5.74) is 0. The lowest BCUT2D eigenvalue weighted by Gasteiger charge is -2.32. The van der Waals surface area contributed by atoms with Crippen molar-refractivity contribution >= 4 is 5.91 Å². The van der Waals surface area contributed by atoms with Crippen LogP contribution in [0.2, 0.25) is 0 Å². The molecule has 0 radical (unpaired) electrons. The summed E-state index contributed by atoms with van der Waals surface area (Å²) >= 11 is 0. The fraction of sp³-hybridized carbons (Fsp3) is 0.923.